The summed E-state index contributed by atoms with van der Waals surface area (Å²) in [5.74, 6) is 1.77. The minimum absolute atomic E-state index is 0.0262. The van der Waals surface area contributed by atoms with Crippen molar-refractivity contribution in [3.63, 3.8) is 0 Å². The topological polar surface area (TPSA) is 138 Å². The second-order valence-corrected chi connectivity index (χ2v) is 9.06. The van der Waals surface area contributed by atoms with Crippen LogP contribution < -0.4 is 15.4 Å². The first-order valence-corrected chi connectivity index (χ1v) is 11.6. The molecule has 10 heteroatoms. The van der Waals surface area contributed by atoms with Crippen LogP contribution in [0, 0.1) is 11.3 Å². The highest BCUT2D eigenvalue weighted by atomic mass is 16.5. The monoisotopic (exact) mass is 473 g/mol. The average molecular weight is 474 g/mol. The maximum Gasteiger partial charge on any atom is 0.240 e. The molecule has 0 unspecified atom stereocenters. The van der Waals surface area contributed by atoms with E-state index in [0.717, 1.165) is 35.5 Å². The summed E-state index contributed by atoms with van der Waals surface area (Å²) in [6.45, 7) is 3.93. The minimum atomic E-state index is -0.470. The third kappa shape index (κ3) is 4.36. The molecule has 0 saturated carbocycles. The Bertz CT molecular complexity index is 1290. The lowest BCUT2D eigenvalue weighted by atomic mass is 9.83. The standard InChI is InChI=1S/C25H27N7O3/c1-25(14-33)13-29-21-17(11-26)9-16(10-18(21)25)19-3-6-27-24(30-19)31-20-12-28-22(32-23(20)34-2)15-4-7-35-8-5-15/h3,6,9-10,12,15,29,33H,4-5,7-8,13-14H2,1-2H3,(H,27,30,31)/t25-/m1/s1. The lowest BCUT2D eigenvalue weighted by Crippen LogP contribution is -2.28. The Kier molecular flexibility index (Phi) is 6.19. The fraction of sp³-hybridized carbons (Fsp3) is 0.400. The third-order valence-electron chi connectivity index (χ3n) is 6.66. The Hall–Kier alpha value is -3.81. The summed E-state index contributed by atoms with van der Waals surface area (Å²) in [6.07, 6.45) is 5.11. The van der Waals surface area contributed by atoms with Crippen LogP contribution in [0.15, 0.2) is 30.6 Å². The number of ether oxygens (including phenoxy) is 2. The summed E-state index contributed by atoms with van der Waals surface area (Å²) < 4.78 is 10.9. The van der Waals surface area contributed by atoms with Gasteiger partial charge in [0.05, 0.1) is 36.9 Å². The zero-order valence-electron chi connectivity index (χ0n) is 19.7. The molecule has 0 aliphatic carbocycles. The van der Waals surface area contributed by atoms with E-state index >= 15 is 0 Å². The van der Waals surface area contributed by atoms with Crippen molar-refractivity contribution < 1.29 is 14.6 Å². The highest BCUT2D eigenvalue weighted by Crippen LogP contribution is 2.41. The quantitative estimate of drug-likeness (QED) is 0.489. The number of rotatable bonds is 6. The van der Waals surface area contributed by atoms with E-state index in [1.165, 1.54) is 0 Å². The van der Waals surface area contributed by atoms with Gasteiger partial charge in [0.15, 0.2) is 0 Å². The van der Waals surface area contributed by atoms with Crippen LogP contribution in [-0.2, 0) is 10.2 Å². The van der Waals surface area contributed by atoms with Crippen LogP contribution in [0.2, 0.25) is 0 Å². The molecule has 2 aromatic heterocycles. The number of aliphatic hydroxyl groups excluding tert-OH is 1. The van der Waals surface area contributed by atoms with Gasteiger partial charge in [-0.05, 0) is 36.6 Å². The first kappa shape index (κ1) is 23.0. The molecule has 2 aliphatic heterocycles. The maximum absolute atomic E-state index is 9.97. The van der Waals surface area contributed by atoms with Crippen LogP contribution in [0.3, 0.4) is 0 Å². The summed E-state index contributed by atoms with van der Waals surface area (Å²) in [5, 5.41) is 26.1. The van der Waals surface area contributed by atoms with Crippen molar-refractivity contribution >= 4 is 17.3 Å². The molecule has 5 rings (SSSR count). The largest absolute Gasteiger partial charge is 0.479 e. The molecule has 180 valence electrons. The van der Waals surface area contributed by atoms with Gasteiger partial charge in [-0.1, -0.05) is 6.92 Å². The van der Waals surface area contributed by atoms with Gasteiger partial charge in [-0.25, -0.2) is 15.0 Å². The van der Waals surface area contributed by atoms with Gasteiger partial charge in [0.1, 0.15) is 17.6 Å². The second kappa shape index (κ2) is 9.44. The maximum atomic E-state index is 9.97. The molecule has 1 aromatic carbocycles. The van der Waals surface area contributed by atoms with Gasteiger partial charge < -0.3 is 25.2 Å². The first-order valence-electron chi connectivity index (χ1n) is 11.6. The number of nitrogens with one attached hydrogen (secondary N) is 2. The number of aliphatic hydroxyl groups is 1. The molecule has 0 spiro atoms. The highest BCUT2D eigenvalue weighted by molar-refractivity contribution is 5.76. The molecule has 4 heterocycles. The van der Waals surface area contributed by atoms with Crippen molar-refractivity contribution in [1.29, 1.82) is 5.26 Å². The Morgan fingerprint density at radius 2 is 2.11 bits per heavy atom. The van der Waals surface area contributed by atoms with Crippen LogP contribution in [0.4, 0.5) is 17.3 Å². The van der Waals surface area contributed by atoms with Gasteiger partial charge in [-0.3, -0.25) is 0 Å². The first-order chi connectivity index (χ1) is 17.0. The van der Waals surface area contributed by atoms with E-state index in [1.807, 2.05) is 13.0 Å². The van der Waals surface area contributed by atoms with E-state index in [9.17, 15) is 10.4 Å². The zero-order valence-corrected chi connectivity index (χ0v) is 19.7. The van der Waals surface area contributed by atoms with Gasteiger partial charge in [-0.2, -0.15) is 10.2 Å². The van der Waals surface area contributed by atoms with Crippen LogP contribution in [0.5, 0.6) is 5.88 Å². The van der Waals surface area contributed by atoms with E-state index in [2.05, 4.69) is 36.6 Å². The van der Waals surface area contributed by atoms with Crippen LogP contribution in [0.25, 0.3) is 11.3 Å². The summed E-state index contributed by atoms with van der Waals surface area (Å²) in [6, 6.07) is 7.82. The van der Waals surface area contributed by atoms with Crippen molar-refractivity contribution in [2.24, 2.45) is 0 Å². The van der Waals surface area contributed by atoms with Crippen molar-refractivity contribution in [2.75, 3.05) is 44.1 Å². The molecule has 2 aliphatic rings. The van der Waals surface area contributed by atoms with E-state index in [4.69, 9.17) is 9.47 Å². The van der Waals surface area contributed by atoms with E-state index in [1.54, 1.807) is 31.6 Å². The van der Waals surface area contributed by atoms with Gasteiger partial charge in [0.25, 0.3) is 0 Å². The minimum Gasteiger partial charge on any atom is -0.479 e. The molecule has 1 saturated heterocycles. The average Bonchev–Trinajstić information content (AvgIpc) is 3.26. The molecule has 35 heavy (non-hydrogen) atoms. The number of aromatic nitrogens is 4. The van der Waals surface area contributed by atoms with Crippen molar-refractivity contribution in [1.82, 2.24) is 19.9 Å². The summed E-state index contributed by atoms with van der Waals surface area (Å²) >= 11 is 0. The predicted molar refractivity (Wildman–Crippen MR) is 130 cm³/mol. The van der Waals surface area contributed by atoms with Gasteiger partial charge in [-0.15, -0.1) is 0 Å². The lowest BCUT2D eigenvalue weighted by Gasteiger charge is -2.21. The number of nitriles is 1. The van der Waals surface area contributed by atoms with E-state index < -0.39 is 5.41 Å². The van der Waals surface area contributed by atoms with Crippen molar-refractivity contribution in [3.05, 3.63) is 47.5 Å². The Balaban J connectivity index is 1.45. The molecule has 0 radical (unpaired) electrons. The van der Waals surface area contributed by atoms with Gasteiger partial charge >= 0.3 is 0 Å². The Labute approximate surface area is 203 Å². The number of methoxy groups -OCH3 is 1. The Morgan fingerprint density at radius 1 is 1.29 bits per heavy atom. The molecule has 1 atom stereocenters. The molecule has 3 N–H and O–H groups in total. The van der Waals surface area contributed by atoms with Crippen LogP contribution in [-0.4, -0.2) is 58.5 Å². The highest BCUT2D eigenvalue weighted by Gasteiger charge is 2.36. The number of anilines is 3. The SMILES string of the molecule is COc1nc(C2CCOCC2)ncc1Nc1nccc(-c2cc(C#N)c3c(c2)[C@@](C)(CO)CN3)n1. The van der Waals surface area contributed by atoms with Crippen LogP contribution in [0.1, 0.15) is 42.6 Å². The van der Waals surface area contributed by atoms with Gasteiger partial charge in [0.2, 0.25) is 11.8 Å². The lowest BCUT2D eigenvalue weighted by molar-refractivity contribution is 0.0834. The smallest absolute Gasteiger partial charge is 0.240 e. The molecule has 10 nitrogen and oxygen atoms in total. The molecule has 0 bridgehead atoms. The molecule has 1 fully saturated rings. The molecule has 0 amide bonds. The molecule has 3 aromatic rings. The summed E-state index contributed by atoms with van der Waals surface area (Å²) in [5.41, 5.74) is 3.69. The number of nitrogens with zero attached hydrogens (tertiary/aromatic N) is 5. The van der Waals surface area contributed by atoms with Crippen molar-refractivity contribution in [2.45, 2.75) is 31.1 Å². The van der Waals surface area contributed by atoms with Crippen LogP contribution >= 0.6 is 0 Å². The predicted octanol–water partition coefficient (Wildman–Crippen LogP) is 3.13. The number of benzene rings is 1. The van der Waals surface area contributed by atoms with E-state index in [0.29, 0.717) is 48.5 Å². The molecular weight excluding hydrogens is 446 g/mol. The molecular formula is C25H27N7O3. The summed E-state index contributed by atoms with van der Waals surface area (Å²) in [7, 11) is 1.57. The normalized spacial score (nSPS) is 19.5. The van der Waals surface area contributed by atoms with E-state index in [-0.39, 0.29) is 12.5 Å². The summed E-state index contributed by atoms with van der Waals surface area (Å²) in [4.78, 5) is 18.1. The van der Waals surface area contributed by atoms with Crippen molar-refractivity contribution in [3.8, 4) is 23.2 Å². The van der Waals surface area contributed by atoms with Gasteiger partial charge in [0, 0.05) is 42.9 Å². The number of fused-ring (bicyclic) bond motifs is 1. The zero-order chi connectivity index (χ0) is 24.4. The third-order valence-corrected chi connectivity index (χ3v) is 6.66. The number of hydrogen-bond donors (Lipinski definition) is 3. The Morgan fingerprint density at radius 3 is 2.86 bits per heavy atom. The fourth-order valence-electron chi connectivity index (χ4n) is 4.54. The number of hydrogen-bond acceptors (Lipinski definition) is 10. The fourth-order valence-corrected chi connectivity index (χ4v) is 4.54. The second-order valence-electron chi connectivity index (χ2n) is 9.06.